The van der Waals surface area contributed by atoms with E-state index in [1.165, 1.54) is 51.5 Å². The Balaban J connectivity index is 2.14. The van der Waals surface area contributed by atoms with Gasteiger partial charge in [-0.05, 0) is 29.8 Å². The summed E-state index contributed by atoms with van der Waals surface area (Å²) in [5, 5.41) is 0. The predicted molar refractivity (Wildman–Crippen MR) is 99.1 cm³/mol. The minimum atomic E-state index is -3.72. The zero-order valence-corrected chi connectivity index (χ0v) is 16.0. The lowest BCUT2D eigenvalue weighted by molar-refractivity contribution is -0.138. The Hall–Kier alpha value is -2.71. The van der Waals surface area contributed by atoms with Gasteiger partial charge in [-0.15, -0.1) is 0 Å². The summed E-state index contributed by atoms with van der Waals surface area (Å²) in [6, 6.07) is 10.5. The number of esters is 1. The molecule has 2 rings (SSSR count). The topological polar surface area (TPSA) is 72.9 Å². The van der Waals surface area contributed by atoms with Gasteiger partial charge in [-0.3, -0.25) is 0 Å². The van der Waals surface area contributed by atoms with Crippen LogP contribution in [0.4, 0.5) is 4.39 Å². The highest BCUT2D eigenvalue weighted by Gasteiger charge is 2.22. The molecule has 0 bridgehead atoms. The first-order valence-corrected chi connectivity index (χ1v) is 9.38. The number of rotatable bonds is 7. The zero-order chi connectivity index (χ0) is 20.0. The lowest BCUT2D eigenvalue weighted by Gasteiger charge is -2.14. The maximum Gasteiger partial charge on any atom is 0.331 e. The summed E-state index contributed by atoms with van der Waals surface area (Å²) in [5.41, 5.74) is 0.738. The van der Waals surface area contributed by atoms with Gasteiger partial charge >= 0.3 is 5.97 Å². The average Bonchev–Trinajstić information content (AvgIpc) is 2.65. The normalized spacial score (nSPS) is 11.7. The van der Waals surface area contributed by atoms with Gasteiger partial charge in [0, 0.05) is 25.7 Å². The van der Waals surface area contributed by atoms with E-state index in [4.69, 9.17) is 9.47 Å². The summed E-state index contributed by atoms with van der Waals surface area (Å²) in [7, 11) is 0.488. The first kappa shape index (κ1) is 20.6. The third-order valence-electron chi connectivity index (χ3n) is 3.69. The maximum atomic E-state index is 13.5. The van der Waals surface area contributed by atoms with E-state index in [0.29, 0.717) is 5.56 Å². The van der Waals surface area contributed by atoms with Gasteiger partial charge in [0.05, 0.1) is 7.11 Å². The van der Waals surface area contributed by atoms with E-state index in [0.717, 1.165) is 10.4 Å². The molecule has 6 nitrogen and oxygen atoms in total. The molecule has 0 heterocycles. The average molecular weight is 393 g/mol. The number of carbonyl (C=O) groups excluding carboxylic acids is 1. The molecule has 0 N–H and O–H groups in total. The number of halogens is 1. The predicted octanol–water partition coefficient (Wildman–Crippen LogP) is 2.84. The van der Waals surface area contributed by atoms with Crippen LogP contribution in [0.5, 0.6) is 5.75 Å². The van der Waals surface area contributed by atoms with Crippen LogP contribution in [0.3, 0.4) is 0 Å². The molecular formula is C19H20FNO5S. The number of methoxy groups -OCH3 is 1. The van der Waals surface area contributed by atoms with Crippen molar-refractivity contribution in [1.82, 2.24) is 4.31 Å². The molecule has 0 radical (unpaired) electrons. The standard InChI is InChI=1S/C19H20FNO5S/c1-21(2)27(23,24)18-12-14(8-10-17(18)25-3)9-11-19(22)26-13-15-6-4-5-7-16(15)20/h4-12H,13H2,1-3H3/b11-9+. The van der Waals surface area contributed by atoms with E-state index in [-0.39, 0.29) is 22.8 Å². The van der Waals surface area contributed by atoms with Crippen LogP contribution in [0.15, 0.2) is 53.4 Å². The van der Waals surface area contributed by atoms with Gasteiger partial charge in [0.1, 0.15) is 23.1 Å². The van der Waals surface area contributed by atoms with Gasteiger partial charge < -0.3 is 9.47 Å². The van der Waals surface area contributed by atoms with Crippen LogP contribution in [-0.2, 0) is 26.2 Å². The molecule has 0 amide bonds. The van der Waals surface area contributed by atoms with Crippen LogP contribution in [0.1, 0.15) is 11.1 Å². The van der Waals surface area contributed by atoms with E-state index < -0.39 is 21.8 Å². The van der Waals surface area contributed by atoms with Crippen molar-refractivity contribution >= 4 is 22.1 Å². The van der Waals surface area contributed by atoms with Crippen molar-refractivity contribution in [3.63, 3.8) is 0 Å². The van der Waals surface area contributed by atoms with Crippen molar-refractivity contribution in [3.05, 3.63) is 65.5 Å². The molecule has 0 aromatic heterocycles. The maximum absolute atomic E-state index is 13.5. The summed E-state index contributed by atoms with van der Waals surface area (Å²) in [6.45, 7) is -0.196. The van der Waals surface area contributed by atoms with Gasteiger partial charge in [-0.25, -0.2) is 21.9 Å². The van der Waals surface area contributed by atoms with E-state index in [1.807, 2.05) is 0 Å². The molecule has 2 aromatic carbocycles. The Morgan fingerprint density at radius 2 is 1.89 bits per heavy atom. The van der Waals surface area contributed by atoms with E-state index >= 15 is 0 Å². The molecule has 27 heavy (non-hydrogen) atoms. The van der Waals surface area contributed by atoms with Crippen molar-refractivity contribution in [3.8, 4) is 5.75 Å². The molecule has 2 aromatic rings. The van der Waals surface area contributed by atoms with Crippen LogP contribution in [0.25, 0.3) is 6.08 Å². The Morgan fingerprint density at radius 3 is 2.52 bits per heavy atom. The molecule has 0 saturated carbocycles. The number of hydrogen-bond donors (Lipinski definition) is 0. The summed E-state index contributed by atoms with van der Waals surface area (Å²) in [6.07, 6.45) is 2.56. The van der Waals surface area contributed by atoms with E-state index in [9.17, 15) is 17.6 Å². The number of benzene rings is 2. The molecule has 0 aliphatic rings. The second-order valence-corrected chi connectivity index (χ2v) is 7.85. The molecule has 0 aliphatic carbocycles. The molecule has 0 unspecified atom stereocenters. The Bertz CT molecular complexity index is 954. The van der Waals surface area contributed by atoms with Gasteiger partial charge in [0.2, 0.25) is 10.0 Å². The molecule has 144 valence electrons. The molecule has 0 fully saturated rings. The van der Waals surface area contributed by atoms with Crippen LogP contribution in [0.2, 0.25) is 0 Å². The summed E-state index contributed by atoms with van der Waals surface area (Å²) >= 11 is 0. The first-order chi connectivity index (χ1) is 12.8. The van der Waals surface area contributed by atoms with Gasteiger partial charge in [0.15, 0.2) is 0 Å². The van der Waals surface area contributed by atoms with Gasteiger partial charge in [-0.2, -0.15) is 0 Å². The number of ether oxygens (including phenoxy) is 2. The number of hydrogen-bond acceptors (Lipinski definition) is 5. The molecule has 8 heteroatoms. The van der Waals surface area contributed by atoms with Crippen molar-refractivity contribution in [1.29, 1.82) is 0 Å². The Labute approximate surface area is 157 Å². The van der Waals surface area contributed by atoms with E-state index in [2.05, 4.69) is 0 Å². The second kappa shape index (κ2) is 8.79. The van der Waals surface area contributed by atoms with Crippen molar-refractivity contribution in [2.75, 3.05) is 21.2 Å². The monoisotopic (exact) mass is 393 g/mol. The van der Waals surface area contributed by atoms with Gasteiger partial charge in [0.25, 0.3) is 0 Å². The lowest BCUT2D eigenvalue weighted by atomic mass is 10.2. The summed E-state index contributed by atoms with van der Waals surface area (Å²) < 4.78 is 49.4. The van der Waals surface area contributed by atoms with Crippen LogP contribution in [0, 0.1) is 5.82 Å². The largest absolute Gasteiger partial charge is 0.495 e. The fourth-order valence-corrected chi connectivity index (χ4v) is 3.26. The van der Waals surface area contributed by atoms with Crippen molar-refractivity contribution in [2.45, 2.75) is 11.5 Å². The summed E-state index contributed by atoms with van der Waals surface area (Å²) in [4.78, 5) is 11.8. The molecule has 0 aliphatic heterocycles. The van der Waals surface area contributed by atoms with Crippen LogP contribution < -0.4 is 4.74 Å². The van der Waals surface area contributed by atoms with Crippen LogP contribution >= 0.6 is 0 Å². The minimum Gasteiger partial charge on any atom is -0.495 e. The first-order valence-electron chi connectivity index (χ1n) is 7.94. The van der Waals surface area contributed by atoms with Crippen molar-refractivity contribution in [2.24, 2.45) is 0 Å². The minimum absolute atomic E-state index is 0.0168. The smallest absolute Gasteiger partial charge is 0.331 e. The fourth-order valence-electron chi connectivity index (χ4n) is 2.17. The van der Waals surface area contributed by atoms with E-state index in [1.54, 1.807) is 18.2 Å². The fraction of sp³-hybridized carbons (Fsp3) is 0.211. The summed E-state index contributed by atoms with van der Waals surface area (Å²) in [5.74, 6) is -0.933. The van der Waals surface area contributed by atoms with Crippen molar-refractivity contribution < 1.29 is 27.1 Å². The number of carbonyl (C=O) groups is 1. The molecule has 0 spiro atoms. The Morgan fingerprint density at radius 1 is 1.19 bits per heavy atom. The molecule has 0 atom stereocenters. The van der Waals surface area contributed by atoms with Crippen LogP contribution in [-0.4, -0.2) is 39.9 Å². The third-order valence-corrected chi connectivity index (χ3v) is 5.52. The van der Waals surface area contributed by atoms with Gasteiger partial charge in [-0.1, -0.05) is 24.3 Å². The SMILES string of the molecule is COc1ccc(/C=C/C(=O)OCc2ccccc2F)cc1S(=O)(=O)N(C)C. The molecule has 0 saturated heterocycles. The quantitative estimate of drug-likeness (QED) is 0.534. The third kappa shape index (κ3) is 5.15. The number of sulfonamides is 1. The Kier molecular flexibility index (Phi) is 6.70. The second-order valence-electron chi connectivity index (χ2n) is 5.73. The zero-order valence-electron chi connectivity index (χ0n) is 15.2. The number of nitrogens with zero attached hydrogens (tertiary/aromatic N) is 1. The molecular weight excluding hydrogens is 373 g/mol. The highest BCUT2D eigenvalue weighted by molar-refractivity contribution is 7.89. The lowest BCUT2D eigenvalue weighted by Crippen LogP contribution is -2.22. The highest BCUT2D eigenvalue weighted by atomic mass is 32.2. The highest BCUT2D eigenvalue weighted by Crippen LogP contribution is 2.27.